The summed E-state index contributed by atoms with van der Waals surface area (Å²) in [6.07, 6.45) is 0. The molecule has 3 rings (SSSR count). The summed E-state index contributed by atoms with van der Waals surface area (Å²) in [4.78, 5) is 22.9. The van der Waals surface area contributed by atoms with E-state index in [2.05, 4.69) is 10.5 Å². The van der Waals surface area contributed by atoms with Crippen LogP contribution in [0.2, 0.25) is 5.02 Å². The number of halogens is 1. The molecule has 0 saturated carbocycles. The predicted molar refractivity (Wildman–Crippen MR) is 99.6 cm³/mol. The van der Waals surface area contributed by atoms with E-state index >= 15 is 0 Å². The second-order valence-corrected chi connectivity index (χ2v) is 6.61. The number of amides is 1. The van der Waals surface area contributed by atoms with E-state index in [4.69, 9.17) is 11.6 Å². The van der Waals surface area contributed by atoms with Crippen molar-refractivity contribution < 1.29 is 9.72 Å². The number of hydrogen-bond acceptors (Lipinski definition) is 5. The van der Waals surface area contributed by atoms with Gasteiger partial charge in [0.05, 0.1) is 15.7 Å². The van der Waals surface area contributed by atoms with Crippen molar-refractivity contribution in [1.82, 2.24) is 5.43 Å². The van der Waals surface area contributed by atoms with Crippen LogP contribution >= 0.6 is 22.9 Å². The summed E-state index contributed by atoms with van der Waals surface area (Å²) in [5.74, 6) is -0.396. The van der Waals surface area contributed by atoms with Crippen LogP contribution in [0, 0.1) is 10.1 Å². The van der Waals surface area contributed by atoms with Crippen LogP contribution in [0.5, 0.6) is 0 Å². The molecule has 1 heterocycles. The summed E-state index contributed by atoms with van der Waals surface area (Å²) in [5.41, 5.74) is 3.68. The Morgan fingerprint density at radius 1 is 1.20 bits per heavy atom. The molecular formula is C17H12ClN3O3S. The second-order valence-electron chi connectivity index (χ2n) is 5.18. The minimum absolute atomic E-state index is 0.00218. The Morgan fingerprint density at radius 3 is 2.52 bits per heavy atom. The maximum atomic E-state index is 12.3. The maximum Gasteiger partial charge on any atom is 0.283 e. The van der Waals surface area contributed by atoms with Gasteiger partial charge >= 0.3 is 0 Å². The van der Waals surface area contributed by atoms with Crippen LogP contribution in [0.1, 0.15) is 22.2 Å². The third kappa shape index (κ3) is 3.52. The quantitative estimate of drug-likeness (QED) is 0.411. The van der Waals surface area contributed by atoms with E-state index in [9.17, 15) is 14.9 Å². The van der Waals surface area contributed by atoms with E-state index in [1.165, 1.54) is 23.5 Å². The molecule has 0 radical (unpaired) electrons. The highest BCUT2D eigenvalue weighted by Crippen LogP contribution is 2.34. The zero-order valence-corrected chi connectivity index (χ0v) is 14.6. The molecule has 3 aromatic rings. The molecule has 0 aliphatic carbocycles. The molecule has 25 heavy (non-hydrogen) atoms. The van der Waals surface area contributed by atoms with Crippen molar-refractivity contribution in [2.24, 2.45) is 5.10 Å². The number of nitro groups is 1. The number of hydrogen-bond donors (Lipinski definition) is 1. The highest BCUT2D eigenvalue weighted by atomic mass is 35.5. The fourth-order valence-electron chi connectivity index (χ4n) is 2.23. The van der Waals surface area contributed by atoms with Gasteiger partial charge in [-0.2, -0.15) is 5.10 Å². The van der Waals surface area contributed by atoms with Gasteiger partial charge < -0.3 is 0 Å². The van der Waals surface area contributed by atoms with Crippen LogP contribution in [-0.2, 0) is 0 Å². The van der Waals surface area contributed by atoms with Gasteiger partial charge in [-0.1, -0.05) is 29.8 Å². The van der Waals surface area contributed by atoms with Crippen molar-refractivity contribution in [2.45, 2.75) is 6.92 Å². The molecule has 1 N–H and O–H groups in total. The maximum absolute atomic E-state index is 12.3. The molecule has 1 aromatic heterocycles. The lowest BCUT2D eigenvalue weighted by Crippen LogP contribution is -2.18. The molecule has 126 valence electrons. The summed E-state index contributed by atoms with van der Waals surface area (Å²) in [6.45, 7) is 1.70. The van der Waals surface area contributed by atoms with E-state index in [-0.39, 0.29) is 5.69 Å². The van der Waals surface area contributed by atoms with Crippen molar-refractivity contribution in [3.8, 4) is 0 Å². The van der Waals surface area contributed by atoms with E-state index in [1.807, 2.05) is 24.3 Å². The molecule has 6 nitrogen and oxygen atoms in total. The summed E-state index contributed by atoms with van der Waals surface area (Å²) in [6, 6.07) is 13.4. The van der Waals surface area contributed by atoms with Gasteiger partial charge in [-0.3, -0.25) is 14.9 Å². The molecule has 2 aromatic carbocycles. The standard InChI is InChI=1S/C17H12ClN3O3S/c1-10(11-6-8-12(9-7-11)21(23)24)19-20-17(22)16-15(18)13-4-2-3-5-14(13)25-16/h2-9H,1H3,(H,20,22)/b19-10+. The first-order valence-corrected chi connectivity index (χ1v) is 8.43. The molecule has 0 aliphatic rings. The first-order valence-electron chi connectivity index (χ1n) is 7.24. The molecule has 0 saturated heterocycles. The van der Waals surface area contributed by atoms with Gasteiger partial charge in [-0.25, -0.2) is 5.43 Å². The van der Waals surface area contributed by atoms with E-state index in [1.54, 1.807) is 19.1 Å². The van der Waals surface area contributed by atoms with Crippen molar-refractivity contribution in [3.05, 3.63) is 74.1 Å². The number of nitro benzene ring substituents is 1. The predicted octanol–water partition coefficient (Wildman–Crippen LogP) is 4.62. The van der Waals surface area contributed by atoms with Crippen molar-refractivity contribution in [3.63, 3.8) is 0 Å². The number of carbonyl (C=O) groups is 1. The van der Waals surface area contributed by atoms with E-state index in [0.717, 1.165) is 10.1 Å². The lowest BCUT2D eigenvalue weighted by molar-refractivity contribution is -0.384. The summed E-state index contributed by atoms with van der Waals surface area (Å²) >= 11 is 7.57. The summed E-state index contributed by atoms with van der Waals surface area (Å²) < 4.78 is 0.925. The van der Waals surface area contributed by atoms with Crippen LogP contribution < -0.4 is 5.43 Å². The minimum atomic E-state index is -0.471. The van der Waals surface area contributed by atoms with Gasteiger partial charge in [0.2, 0.25) is 0 Å². The molecule has 0 aliphatic heterocycles. The molecule has 1 amide bonds. The monoisotopic (exact) mass is 373 g/mol. The zero-order valence-electron chi connectivity index (χ0n) is 13.0. The number of hydrazone groups is 1. The first kappa shape index (κ1) is 17.1. The fourth-order valence-corrected chi connectivity index (χ4v) is 3.64. The zero-order chi connectivity index (χ0) is 18.0. The Labute approximate surface area is 151 Å². The normalized spacial score (nSPS) is 11.5. The number of fused-ring (bicyclic) bond motifs is 1. The van der Waals surface area contributed by atoms with Gasteiger partial charge in [0.1, 0.15) is 4.88 Å². The number of rotatable bonds is 4. The van der Waals surface area contributed by atoms with Crippen LogP contribution in [0.15, 0.2) is 53.6 Å². The minimum Gasteiger partial charge on any atom is -0.266 e. The van der Waals surface area contributed by atoms with Crippen LogP contribution in [0.25, 0.3) is 10.1 Å². The van der Waals surface area contributed by atoms with Gasteiger partial charge in [-0.05, 0) is 30.7 Å². The van der Waals surface area contributed by atoms with Crippen LogP contribution in [-0.4, -0.2) is 16.5 Å². The second kappa shape index (κ2) is 7.00. The van der Waals surface area contributed by atoms with Gasteiger partial charge in [0, 0.05) is 22.2 Å². The number of non-ortho nitro benzene ring substituents is 1. The van der Waals surface area contributed by atoms with Crippen LogP contribution in [0.4, 0.5) is 5.69 Å². The molecular weight excluding hydrogens is 362 g/mol. The molecule has 0 atom stereocenters. The third-order valence-corrected chi connectivity index (χ3v) is 5.24. The average Bonchev–Trinajstić information content (AvgIpc) is 2.96. The van der Waals surface area contributed by atoms with Crippen molar-refractivity contribution >= 4 is 50.3 Å². The van der Waals surface area contributed by atoms with E-state index in [0.29, 0.717) is 21.2 Å². The largest absolute Gasteiger partial charge is 0.283 e. The summed E-state index contributed by atoms with van der Waals surface area (Å²) in [5, 5.41) is 16.0. The van der Waals surface area contributed by atoms with E-state index < -0.39 is 10.8 Å². The Balaban J connectivity index is 1.78. The molecule has 8 heteroatoms. The number of nitrogens with zero attached hydrogens (tertiary/aromatic N) is 2. The van der Waals surface area contributed by atoms with Gasteiger partial charge in [-0.15, -0.1) is 11.3 Å². The number of nitrogens with one attached hydrogen (secondary N) is 1. The Kier molecular flexibility index (Phi) is 4.78. The molecule has 0 spiro atoms. The highest BCUT2D eigenvalue weighted by Gasteiger charge is 2.16. The molecule has 0 unspecified atom stereocenters. The Morgan fingerprint density at radius 2 is 1.88 bits per heavy atom. The average molecular weight is 374 g/mol. The highest BCUT2D eigenvalue weighted by molar-refractivity contribution is 7.21. The Hall–Kier alpha value is -2.77. The fraction of sp³-hybridized carbons (Fsp3) is 0.0588. The molecule has 0 bridgehead atoms. The van der Waals surface area contributed by atoms with Crippen molar-refractivity contribution in [1.29, 1.82) is 0 Å². The molecule has 0 fully saturated rings. The SMILES string of the molecule is C/C(=N\NC(=O)c1sc2ccccc2c1Cl)c1ccc([N+](=O)[O-])cc1. The third-order valence-electron chi connectivity index (χ3n) is 3.56. The lowest BCUT2D eigenvalue weighted by atomic mass is 10.1. The van der Waals surface area contributed by atoms with Gasteiger partial charge in [0.15, 0.2) is 0 Å². The number of benzene rings is 2. The number of thiophene rings is 1. The smallest absolute Gasteiger partial charge is 0.266 e. The van der Waals surface area contributed by atoms with Gasteiger partial charge in [0.25, 0.3) is 11.6 Å². The van der Waals surface area contributed by atoms with Crippen molar-refractivity contribution in [2.75, 3.05) is 0 Å². The topological polar surface area (TPSA) is 84.6 Å². The lowest BCUT2D eigenvalue weighted by Gasteiger charge is -2.02. The Bertz CT molecular complexity index is 996. The number of carbonyl (C=O) groups excluding carboxylic acids is 1. The summed E-state index contributed by atoms with van der Waals surface area (Å²) in [7, 11) is 0. The van der Waals surface area contributed by atoms with Crippen LogP contribution in [0.3, 0.4) is 0 Å². The first-order chi connectivity index (χ1) is 12.0.